The molecule has 0 radical (unpaired) electrons. The van der Waals surface area contributed by atoms with Crippen LogP contribution in [-0.4, -0.2) is 22.5 Å². The van der Waals surface area contributed by atoms with Crippen LogP contribution in [0.5, 0.6) is 0 Å². The van der Waals surface area contributed by atoms with Crippen LogP contribution < -0.4 is 5.32 Å². The van der Waals surface area contributed by atoms with Gasteiger partial charge in [-0.15, -0.1) is 0 Å². The number of aliphatic carboxylic acids is 1. The van der Waals surface area contributed by atoms with Crippen molar-refractivity contribution in [2.24, 2.45) is 5.92 Å². The van der Waals surface area contributed by atoms with Gasteiger partial charge < -0.3 is 10.4 Å². The van der Waals surface area contributed by atoms with Crippen LogP contribution in [-0.2, 0) is 16.0 Å². The van der Waals surface area contributed by atoms with Crippen molar-refractivity contribution in [2.45, 2.75) is 56.9 Å². The van der Waals surface area contributed by atoms with Crippen molar-refractivity contribution in [3.05, 3.63) is 35.4 Å². The number of fused-ring (bicyclic) bond motifs is 1. The molecule has 2 N–H and O–H groups in total. The second-order valence-corrected chi connectivity index (χ2v) is 6.68. The Morgan fingerprint density at radius 2 is 1.95 bits per heavy atom. The molecule has 1 atom stereocenters. The van der Waals surface area contributed by atoms with E-state index >= 15 is 0 Å². The molecule has 22 heavy (non-hydrogen) atoms. The molecule has 0 aliphatic heterocycles. The summed E-state index contributed by atoms with van der Waals surface area (Å²) in [5.74, 6) is -0.607. The van der Waals surface area contributed by atoms with Crippen LogP contribution in [0, 0.1) is 5.92 Å². The van der Waals surface area contributed by atoms with Gasteiger partial charge in [-0.05, 0) is 49.1 Å². The van der Waals surface area contributed by atoms with Crippen LogP contribution in [0.25, 0.3) is 0 Å². The van der Waals surface area contributed by atoms with E-state index in [2.05, 4.69) is 12.2 Å². The number of carbonyl (C=O) groups excluding carboxylic acids is 1. The van der Waals surface area contributed by atoms with Crippen molar-refractivity contribution in [1.82, 2.24) is 5.32 Å². The Morgan fingerprint density at radius 1 is 1.27 bits per heavy atom. The fourth-order valence-corrected chi connectivity index (χ4v) is 3.79. The maximum Gasteiger partial charge on any atom is 0.329 e. The first-order valence-corrected chi connectivity index (χ1v) is 8.19. The maximum atomic E-state index is 12.5. The summed E-state index contributed by atoms with van der Waals surface area (Å²) in [7, 11) is 0. The van der Waals surface area contributed by atoms with Gasteiger partial charge in [-0.1, -0.05) is 37.6 Å². The van der Waals surface area contributed by atoms with Gasteiger partial charge in [0.25, 0.3) is 0 Å². The lowest BCUT2D eigenvalue weighted by Gasteiger charge is -2.39. The lowest BCUT2D eigenvalue weighted by Crippen LogP contribution is -2.58. The van der Waals surface area contributed by atoms with E-state index < -0.39 is 11.5 Å². The topological polar surface area (TPSA) is 66.4 Å². The first kappa shape index (κ1) is 15.1. The second-order valence-electron chi connectivity index (χ2n) is 6.68. The molecule has 3 rings (SSSR count). The van der Waals surface area contributed by atoms with Gasteiger partial charge in [-0.3, -0.25) is 4.79 Å². The highest BCUT2D eigenvalue weighted by atomic mass is 16.4. The molecule has 1 fully saturated rings. The van der Waals surface area contributed by atoms with Crippen molar-refractivity contribution in [3.63, 3.8) is 0 Å². The minimum Gasteiger partial charge on any atom is -0.480 e. The highest BCUT2D eigenvalue weighted by molar-refractivity contribution is 5.92. The third-order valence-corrected chi connectivity index (χ3v) is 5.48. The Balaban J connectivity index is 1.70. The minimum atomic E-state index is -1.06. The number of carboxylic acids is 1. The molecule has 1 unspecified atom stereocenters. The number of carboxylic acid groups (broad SMARTS) is 1. The van der Waals surface area contributed by atoms with Gasteiger partial charge in [0, 0.05) is 0 Å². The largest absolute Gasteiger partial charge is 0.480 e. The van der Waals surface area contributed by atoms with Crippen molar-refractivity contribution >= 4 is 11.9 Å². The molecule has 2 aliphatic carbocycles. The predicted molar refractivity (Wildman–Crippen MR) is 83.6 cm³/mol. The highest BCUT2D eigenvalue weighted by Gasteiger charge is 2.45. The van der Waals surface area contributed by atoms with E-state index in [9.17, 15) is 14.7 Å². The molecule has 4 nitrogen and oxygen atoms in total. The van der Waals surface area contributed by atoms with Crippen molar-refractivity contribution in [2.75, 3.05) is 0 Å². The molecule has 0 spiro atoms. The van der Waals surface area contributed by atoms with Gasteiger partial charge >= 0.3 is 5.97 Å². The van der Waals surface area contributed by atoms with Crippen LogP contribution in [0.2, 0.25) is 0 Å². The molecular weight excluding hydrogens is 278 g/mol. The lowest BCUT2D eigenvalue weighted by molar-refractivity contribution is -0.150. The van der Waals surface area contributed by atoms with Gasteiger partial charge in [0.2, 0.25) is 5.91 Å². The van der Waals surface area contributed by atoms with Crippen LogP contribution in [0.15, 0.2) is 24.3 Å². The number of benzene rings is 1. The van der Waals surface area contributed by atoms with Crippen LogP contribution >= 0.6 is 0 Å². The lowest BCUT2D eigenvalue weighted by atomic mass is 9.73. The standard InChI is InChI=1S/C18H23NO3/c1-2-12-7-9-18(10-8-12,17(21)22)19-16(20)15-11-13-5-3-4-6-14(13)15/h3-6,12,15H,2,7-11H2,1H3,(H,19,20)(H,21,22). The number of hydrogen-bond donors (Lipinski definition) is 2. The Labute approximate surface area is 130 Å². The van der Waals surface area contributed by atoms with E-state index in [4.69, 9.17) is 0 Å². The quantitative estimate of drug-likeness (QED) is 0.898. The average molecular weight is 301 g/mol. The predicted octanol–water partition coefficient (Wildman–Crippen LogP) is 2.87. The van der Waals surface area contributed by atoms with Crippen LogP contribution in [0.3, 0.4) is 0 Å². The van der Waals surface area contributed by atoms with E-state index in [0.29, 0.717) is 18.8 Å². The SMILES string of the molecule is CCC1CCC(NC(=O)C2Cc3ccccc32)(C(=O)O)CC1. The van der Waals surface area contributed by atoms with Gasteiger partial charge in [0.05, 0.1) is 5.92 Å². The molecule has 1 amide bonds. The molecule has 0 heterocycles. The molecule has 118 valence electrons. The fourth-order valence-electron chi connectivity index (χ4n) is 3.79. The average Bonchev–Trinajstić information content (AvgIpc) is 2.49. The van der Waals surface area contributed by atoms with E-state index in [1.54, 1.807) is 0 Å². The summed E-state index contributed by atoms with van der Waals surface area (Å²) in [4.78, 5) is 24.3. The summed E-state index contributed by atoms with van der Waals surface area (Å²) < 4.78 is 0. The van der Waals surface area contributed by atoms with Gasteiger partial charge in [-0.25, -0.2) is 4.79 Å². The van der Waals surface area contributed by atoms with E-state index in [1.807, 2.05) is 24.3 Å². The molecule has 1 aromatic rings. The normalized spacial score (nSPS) is 30.0. The van der Waals surface area contributed by atoms with Gasteiger partial charge in [-0.2, -0.15) is 0 Å². The first-order valence-electron chi connectivity index (χ1n) is 8.19. The monoisotopic (exact) mass is 301 g/mol. The van der Waals surface area contributed by atoms with Crippen molar-refractivity contribution in [1.29, 1.82) is 0 Å². The third-order valence-electron chi connectivity index (χ3n) is 5.48. The molecule has 0 bridgehead atoms. The van der Waals surface area contributed by atoms with Crippen molar-refractivity contribution < 1.29 is 14.7 Å². The molecule has 2 aliphatic rings. The Bertz CT molecular complexity index is 588. The molecule has 4 heteroatoms. The highest BCUT2D eigenvalue weighted by Crippen LogP contribution is 2.38. The zero-order chi connectivity index (χ0) is 15.7. The van der Waals surface area contributed by atoms with Crippen LogP contribution in [0.4, 0.5) is 0 Å². The Kier molecular flexibility index (Phi) is 3.94. The number of amides is 1. The third kappa shape index (κ3) is 2.51. The fraction of sp³-hybridized carbons (Fsp3) is 0.556. The zero-order valence-electron chi connectivity index (χ0n) is 13.0. The Morgan fingerprint density at radius 3 is 2.55 bits per heavy atom. The Hall–Kier alpha value is -1.84. The summed E-state index contributed by atoms with van der Waals surface area (Å²) in [5.41, 5.74) is 1.18. The second kappa shape index (κ2) is 5.75. The summed E-state index contributed by atoms with van der Waals surface area (Å²) in [6.07, 6.45) is 4.64. The molecular formula is C18H23NO3. The number of hydrogen-bond acceptors (Lipinski definition) is 2. The number of carbonyl (C=O) groups is 2. The molecule has 1 aromatic carbocycles. The molecule has 0 aromatic heterocycles. The van der Waals surface area contributed by atoms with Crippen molar-refractivity contribution in [3.8, 4) is 0 Å². The van der Waals surface area contributed by atoms with Crippen LogP contribution in [0.1, 0.15) is 56.1 Å². The van der Waals surface area contributed by atoms with Gasteiger partial charge in [0.1, 0.15) is 5.54 Å². The zero-order valence-corrected chi connectivity index (χ0v) is 13.0. The first-order chi connectivity index (χ1) is 10.6. The summed E-state index contributed by atoms with van der Waals surface area (Å²) >= 11 is 0. The minimum absolute atomic E-state index is 0.129. The maximum absolute atomic E-state index is 12.5. The molecule has 0 saturated heterocycles. The smallest absolute Gasteiger partial charge is 0.329 e. The summed E-state index contributed by atoms with van der Waals surface area (Å²) in [6, 6.07) is 7.89. The van der Waals surface area contributed by atoms with E-state index in [1.165, 1.54) is 5.56 Å². The number of nitrogens with one attached hydrogen (secondary N) is 1. The van der Waals surface area contributed by atoms with E-state index in [-0.39, 0.29) is 11.8 Å². The summed E-state index contributed by atoms with van der Waals surface area (Å²) in [5, 5.41) is 12.5. The number of rotatable bonds is 4. The van der Waals surface area contributed by atoms with E-state index in [0.717, 1.165) is 31.2 Å². The summed E-state index contributed by atoms with van der Waals surface area (Å²) in [6.45, 7) is 2.14. The molecule has 1 saturated carbocycles. The van der Waals surface area contributed by atoms with Gasteiger partial charge in [0.15, 0.2) is 0 Å².